The fraction of sp³-hybridized carbons (Fsp3) is 0.200. The third-order valence-corrected chi connectivity index (χ3v) is 4.59. The molecule has 3 aromatic rings. The highest BCUT2D eigenvalue weighted by molar-refractivity contribution is 7.14. The summed E-state index contributed by atoms with van der Waals surface area (Å²) >= 11 is 1.36. The van der Waals surface area contributed by atoms with Crippen LogP contribution in [0.3, 0.4) is 0 Å². The van der Waals surface area contributed by atoms with Crippen molar-refractivity contribution in [1.82, 2.24) is 4.98 Å². The molecule has 0 saturated heterocycles. The lowest BCUT2D eigenvalue weighted by atomic mass is 10.1. The number of ether oxygens (including phenoxy) is 3. The molecular weight excluding hydrogens is 364 g/mol. The molecular formula is C20H20N2O4S. The zero-order valence-electron chi connectivity index (χ0n) is 15.3. The Bertz CT molecular complexity index is 922. The standard InChI is InChI=1S/C20H20N2O4S/c1-4-26-14-7-5-13(6-8-14)17-12-27-20(21-17)22-19(23)16-11-15(24-2)9-10-18(16)25-3/h5-12H,4H2,1-3H3,(H,21,22,23). The largest absolute Gasteiger partial charge is 0.497 e. The molecule has 0 aliphatic heterocycles. The molecule has 0 aliphatic carbocycles. The predicted molar refractivity (Wildman–Crippen MR) is 106 cm³/mol. The van der Waals surface area contributed by atoms with Crippen molar-refractivity contribution in [3.63, 3.8) is 0 Å². The van der Waals surface area contributed by atoms with E-state index >= 15 is 0 Å². The highest BCUT2D eigenvalue weighted by Gasteiger charge is 2.16. The zero-order chi connectivity index (χ0) is 19.2. The van der Waals surface area contributed by atoms with Gasteiger partial charge in [-0.25, -0.2) is 4.98 Å². The summed E-state index contributed by atoms with van der Waals surface area (Å²) in [5.74, 6) is 1.56. The Kier molecular flexibility index (Phi) is 5.93. The first-order chi connectivity index (χ1) is 13.1. The second kappa shape index (κ2) is 8.55. The summed E-state index contributed by atoms with van der Waals surface area (Å²) in [7, 11) is 3.07. The molecule has 0 saturated carbocycles. The van der Waals surface area contributed by atoms with E-state index in [1.54, 1.807) is 25.3 Å². The van der Waals surface area contributed by atoms with Crippen LogP contribution >= 0.6 is 11.3 Å². The van der Waals surface area contributed by atoms with Gasteiger partial charge in [-0.05, 0) is 49.4 Å². The molecule has 2 aromatic carbocycles. The Balaban J connectivity index is 1.76. The molecule has 27 heavy (non-hydrogen) atoms. The van der Waals surface area contributed by atoms with Crippen LogP contribution < -0.4 is 19.5 Å². The van der Waals surface area contributed by atoms with Crippen LogP contribution in [0.1, 0.15) is 17.3 Å². The van der Waals surface area contributed by atoms with E-state index in [0.29, 0.717) is 28.8 Å². The van der Waals surface area contributed by atoms with Gasteiger partial charge in [0.15, 0.2) is 5.13 Å². The smallest absolute Gasteiger partial charge is 0.261 e. The molecule has 1 heterocycles. The number of anilines is 1. The van der Waals surface area contributed by atoms with Gasteiger partial charge in [0.25, 0.3) is 5.91 Å². The summed E-state index contributed by atoms with van der Waals surface area (Å²) in [4.78, 5) is 17.1. The normalized spacial score (nSPS) is 10.3. The lowest BCUT2D eigenvalue weighted by Crippen LogP contribution is -2.13. The SMILES string of the molecule is CCOc1ccc(-c2csc(NC(=O)c3cc(OC)ccc3OC)n2)cc1. The zero-order valence-corrected chi connectivity index (χ0v) is 16.1. The number of carbonyl (C=O) groups is 1. The summed E-state index contributed by atoms with van der Waals surface area (Å²) in [6.45, 7) is 2.57. The third kappa shape index (κ3) is 4.38. The van der Waals surface area contributed by atoms with E-state index in [1.165, 1.54) is 18.4 Å². The topological polar surface area (TPSA) is 69.7 Å². The second-order valence-corrected chi connectivity index (χ2v) is 6.37. The predicted octanol–water partition coefficient (Wildman–Crippen LogP) is 4.48. The molecule has 1 N–H and O–H groups in total. The van der Waals surface area contributed by atoms with E-state index in [9.17, 15) is 4.79 Å². The Hall–Kier alpha value is -3.06. The monoisotopic (exact) mass is 384 g/mol. The number of benzene rings is 2. The number of hydrogen-bond acceptors (Lipinski definition) is 6. The van der Waals surface area contributed by atoms with E-state index in [1.807, 2.05) is 36.6 Å². The van der Waals surface area contributed by atoms with Gasteiger partial charge in [0.2, 0.25) is 0 Å². The van der Waals surface area contributed by atoms with Crippen LogP contribution in [0.15, 0.2) is 47.8 Å². The van der Waals surface area contributed by atoms with Crippen molar-refractivity contribution >= 4 is 22.4 Å². The van der Waals surface area contributed by atoms with E-state index in [2.05, 4.69) is 10.3 Å². The average Bonchev–Trinajstić information content (AvgIpc) is 3.16. The molecule has 0 spiro atoms. The van der Waals surface area contributed by atoms with Gasteiger partial charge < -0.3 is 14.2 Å². The molecule has 0 fully saturated rings. The van der Waals surface area contributed by atoms with Gasteiger partial charge >= 0.3 is 0 Å². The van der Waals surface area contributed by atoms with Crippen LogP contribution in [-0.4, -0.2) is 31.7 Å². The molecule has 0 bridgehead atoms. The van der Waals surface area contributed by atoms with Gasteiger partial charge in [-0.1, -0.05) is 0 Å². The summed E-state index contributed by atoms with van der Waals surface area (Å²) in [5.41, 5.74) is 2.12. The number of aromatic nitrogens is 1. The highest BCUT2D eigenvalue weighted by atomic mass is 32.1. The van der Waals surface area contributed by atoms with Crippen molar-refractivity contribution in [2.24, 2.45) is 0 Å². The maximum atomic E-state index is 12.6. The van der Waals surface area contributed by atoms with Crippen LogP contribution in [0.5, 0.6) is 17.2 Å². The third-order valence-electron chi connectivity index (χ3n) is 3.84. The van der Waals surface area contributed by atoms with Crippen LogP contribution in [-0.2, 0) is 0 Å². The van der Waals surface area contributed by atoms with E-state index < -0.39 is 0 Å². The average molecular weight is 384 g/mol. The maximum absolute atomic E-state index is 12.6. The lowest BCUT2D eigenvalue weighted by Gasteiger charge is -2.09. The van der Waals surface area contributed by atoms with Gasteiger partial charge in [-0.15, -0.1) is 11.3 Å². The minimum atomic E-state index is -0.307. The van der Waals surface area contributed by atoms with Crippen molar-refractivity contribution in [2.45, 2.75) is 6.92 Å². The van der Waals surface area contributed by atoms with Crippen molar-refractivity contribution in [2.75, 3.05) is 26.1 Å². The van der Waals surface area contributed by atoms with Gasteiger partial charge in [0, 0.05) is 10.9 Å². The molecule has 140 valence electrons. The molecule has 0 atom stereocenters. The van der Waals surface area contributed by atoms with Crippen molar-refractivity contribution in [1.29, 1.82) is 0 Å². The van der Waals surface area contributed by atoms with Crippen molar-refractivity contribution in [3.05, 3.63) is 53.4 Å². The fourth-order valence-corrected chi connectivity index (χ4v) is 3.22. The maximum Gasteiger partial charge on any atom is 0.261 e. The van der Waals surface area contributed by atoms with Crippen LogP contribution in [0.4, 0.5) is 5.13 Å². The Morgan fingerprint density at radius 2 is 1.81 bits per heavy atom. The van der Waals surface area contributed by atoms with E-state index in [4.69, 9.17) is 14.2 Å². The highest BCUT2D eigenvalue weighted by Crippen LogP contribution is 2.28. The summed E-state index contributed by atoms with van der Waals surface area (Å²) in [6, 6.07) is 12.8. The second-order valence-electron chi connectivity index (χ2n) is 5.52. The number of nitrogens with zero attached hydrogens (tertiary/aromatic N) is 1. The minimum Gasteiger partial charge on any atom is -0.497 e. The lowest BCUT2D eigenvalue weighted by molar-refractivity contribution is 0.102. The van der Waals surface area contributed by atoms with Crippen molar-refractivity contribution in [3.8, 4) is 28.5 Å². The minimum absolute atomic E-state index is 0.307. The number of hydrogen-bond donors (Lipinski definition) is 1. The molecule has 0 radical (unpaired) electrons. The van der Waals surface area contributed by atoms with Gasteiger partial charge in [0.05, 0.1) is 32.1 Å². The van der Waals surface area contributed by atoms with Crippen LogP contribution in [0.2, 0.25) is 0 Å². The van der Waals surface area contributed by atoms with E-state index in [-0.39, 0.29) is 5.91 Å². The van der Waals surface area contributed by atoms with Crippen LogP contribution in [0.25, 0.3) is 11.3 Å². The summed E-state index contributed by atoms with van der Waals surface area (Å²) in [5, 5.41) is 5.22. The first-order valence-electron chi connectivity index (χ1n) is 8.36. The number of rotatable bonds is 7. The Labute approximate surface area is 161 Å². The number of nitrogens with one attached hydrogen (secondary N) is 1. The number of amides is 1. The van der Waals surface area contributed by atoms with Crippen LogP contribution in [0, 0.1) is 0 Å². The van der Waals surface area contributed by atoms with Gasteiger partial charge in [-0.2, -0.15) is 0 Å². The Morgan fingerprint density at radius 3 is 2.48 bits per heavy atom. The molecule has 7 heteroatoms. The summed E-state index contributed by atoms with van der Waals surface area (Å²) in [6.07, 6.45) is 0. The fourth-order valence-electron chi connectivity index (χ4n) is 2.51. The number of thiazole rings is 1. The quantitative estimate of drug-likeness (QED) is 0.650. The molecule has 0 unspecified atom stereocenters. The van der Waals surface area contributed by atoms with E-state index in [0.717, 1.165) is 17.0 Å². The first kappa shape index (κ1) is 18.7. The number of carbonyl (C=O) groups excluding carboxylic acids is 1. The Morgan fingerprint density at radius 1 is 1.07 bits per heavy atom. The molecule has 6 nitrogen and oxygen atoms in total. The van der Waals surface area contributed by atoms with Gasteiger partial charge in [0.1, 0.15) is 17.2 Å². The number of methoxy groups -OCH3 is 2. The molecule has 1 aromatic heterocycles. The first-order valence-corrected chi connectivity index (χ1v) is 9.24. The summed E-state index contributed by atoms with van der Waals surface area (Å²) < 4.78 is 15.9. The van der Waals surface area contributed by atoms with Gasteiger partial charge in [-0.3, -0.25) is 10.1 Å². The van der Waals surface area contributed by atoms with Crippen molar-refractivity contribution < 1.29 is 19.0 Å². The molecule has 1 amide bonds. The molecule has 3 rings (SSSR count). The molecule has 0 aliphatic rings.